The van der Waals surface area contributed by atoms with Gasteiger partial charge in [-0.25, -0.2) is 0 Å². The first kappa shape index (κ1) is 13.2. The third-order valence-electron chi connectivity index (χ3n) is 3.32. The van der Waals surface area contributed by atoms with Crippen LogP contribution in [0.5, 0.6) is 11.5 Å². The standard InChI is InChI=1S/C14H22N2O2/c1-12(16-9-7-15-8-10-16)11-18-14-6-4-3-5-13(14)17-2/h3-6,12,15H,7-11H2,1-2H3. The van der Waals surface area contributed by atoms with Gasteiger partial charge in [-0.05, 0) is 19.1 Å². The maximum absolute atomic E-state index is 5.86. The highest BCUT2D eigenvalue weighted by Gasteiger charge is 2.17. The lowest BCUT2D eigenvalue weighted by Crippen LogP contribution is -2.49. The quantitative estimate of drug-likeness (QED) is 0.856. The predicted molar refractivity (Wildman–Crippen MR) is 72.4 cm³/mol. The topological polar surface area (TPSA) is 33.7 Å². The minimum absolute atomic E-state index is 0.428. The number of nitrogens with one attached hydrogen (secondary N) is 1. The summed E-state index contributed by atoms with van der Waals surface area (Å²) in [6.45, 7) is 7.23. The van der Waals surface area contributed by atoms with Gasteiger partial charge in [0.25, 0.3) is 0 Å². The monoisotopic (exact) mass is 250 g/mol. The summed E-state index contributed by atoms with van der Waals surface area (Å²) < 4.78 is 11.1. The first-order valence-corrected chi connectivity index (χ1v) is 6.52. The molecule has 1 unspecified atom stereocenters. The molecule has 0 aromatic heterocycles. The van der Waals surface area contributed by atoms with Gasteiger partial charge in [0.15, 0.2) is 11.5 Å². The fourth-order valence-electron chi connectivity index (χ4n) is 2.18. The Kier molecular flexibility index (Phi) is 4.84. The summed E-state index contributed by atoms with van der Waals surface area (Å²) in [5, 5.41) is 3.36. The molecule has 0 amide bonds. The molecule has 0 saturated carbocycles. The number of methoxy groups -OCH3 is 1. The number of benzene rings is 1. The van der Waals surface area contributed by atoms with E-state index in [4.69, 9.17) is 9.47 Å². The van der Waals surface area contributed by atoms with Crippen molar-refractivity contribution >= 4 is 0 Å². The summed E-state index contributed by atoms with van der Waals surface area (Å²) >= 11 is 0. The van der Waals surface area contributed by atoms with Crippen LogP contribution in [0.1, 0.15) is 6.92 Å². The molecule has 2 rings (SSSR count). The molecule has 100 valence electrons. The second kappa shape index (κ2) is 6.61. The molecule has 1 atom stereocenters. The zero-order valence-electron chi connectivity index (χ0n) is 11.2. The van der Waals surface area contributed by atoms with Crippen LogP contribution in [0.15, 0.2) is 24.3 Å². The molecule has 1 saturated heterocycles. The number of para-hydroxylation sites is 2. The number of piperazine rings is 1. The van der Waals surface area contributed by atoms with Crippen LogP contribution in [-0.4, -0.2) is 50.8 Å². The molecule has 0 aliphatic carbocycles. The van der Waals surface area contributed by atoms with Crippen molar-refractivity contribution < 1.29 is 9.47 Å². The highest BCUT2D eigenvalue weighted by atomic mass is 16.5. The molecule has 0 spiro atoms. The molecule has 1 fully saturated rings. The molecule has 1 aromatic rings. The van der Waals surface area contributed by atoms with E-state index in [-0.39, 0.29) is 0 Å². The normalized spacial score (nSPS) is 18.3. The van der Waals surface area contributed by atoms with Gasteiger partial charge < -0.3 is 14.8 Å². The maximum atomic E-state index is 5.86. The van der Waals surface area contributed by atoms with Crippen LogP contribution in [0.2, 0.25) is 0 Å². The summed E-state index contributed by atoms with van der Waals surface area (Å²) in [5.41, 5.74) is 0. The largest absolute Gasteiger partial charge is 0.493 e. The predicted octanol–water partition coefficient (Wildman–Crippen LogP) is 1.37. The van der Waals surface area contributed by atoms with E-state index in [1.54, 1.807) is 7.11 Å². The van der Waals surface area contributed by atoms with E-state index < -0.39 is 0 Å². The SMILES string of the molecule is COc1ccccc1OCC(C)N1CCNCC1. The fraction of sp³-hybridized carbons (Fsp3) is 0.571. The Hall–Kier alpha value is -1.26. The Bertz CT molecular complexity index is 365. The Morgan fingerprint density at radius 2 is 1.89 bits per heavy atom. The third kappa shape index (κ3) is 3.37. The Balaban J connectivity index is 1.86. The Labute approximate surface area is 109 Å². The Morgan fingerprint density at radius 1 is 1.22 bits per heavy atom. The molecular weight excluding hydrogens is 228 g/mol. The van der Waals surface area contributed by atoms with E-state index in [1.165, 1.54) is 0 Å². The molecule has 1 aromatic carbocycles. The van der Waals surface area contributed by atoms with E-state index in [9.17, 15) is 0 Å². The average Bonchev–Trinajstić information content (AvgIpc) is 2.46. The van der Waals surface area contributed by atoms with E-state index in [2.05, 4.69) is 17.1 Å². The van der Waals surface area contributed by atoms with Gasteiger partial charge in [-0.15, -0.1) is 0 Å². The highest BCUT2D eigenvalue weighted by Crippen LogP contribution is 2.26. The summed E-state index contributed by atoms with van der Waals surface area (Å²) in [7, 11) is 1.67. The molecule has 0 radical (unpaired) electrons. The number of rotatable bonds is 5. The van der Waals surface area contributed by atoms with Crippen LogP contribution in [-0.2, 0) is 0 Å². The molecule has 18 heavy (non-hydrogen) atoms. The maximum Gasteiger partial charge on any atom is 0.161 e. The van der Waals surface area contributed by atoms with Crippen molar-refractivity contribution in [3.63, 3.8) is 0 Å². The van der Waals surface area contributed by atoms with Gasteiger partial charge in [-0.3, -0.25) is 4.90 Å². The number of hydrogen-bond donors (Lipinski definition) is 1. The molecule has 1 aliphatic heterocycles. The van der Waals surface area contributed by atoms with E-state index in [1.807, 2.05) is 24.3 Å². The fourth-order valence-corrected chi connectivity index (χ4v) is 2.18. The van der Waals surface area contributed by atoms with Gasteiger partial charge in [0.1, 0.15) is 6.61 Å². The number of nitrogens with zero attached hydrogens (tertiary/aromatic N) is 1. The molecular formula is C14H22N2O2. The smallest absolute Gasteiger partial charge is 0.161 e. The minimum atomic E-state index is 0.428. The van der Waals surface area contributed by atoms with Crippen LogP contribution >= 0.6 is 0 Å². The van der Waals surface area contributed by atoms with Crippen LogP contribution < -0.4 is 14.8 Å². The lowest BCUT2D eigenvalue weighted by Gasteiger charge is -2.32. The van der Waals surface area contributed by atoms with Crippen molar-refractivity contribution in [2.24, 2.45) is 0 Å². The molecule has 4 heteroatoms. The van der Waals surface area contributed by atoms with Crippen LogP contribution in [0.25, 0.3) is 0 Å². The zero-order chi connectivity index (χ0) is 12.8. The van der Waals surface area contributed by atoms with Crippen molar-refractivity contribution in [2.45, 2.75) is 13.0 Å². The molecule has 0 bridgehead atoms. The van der Waals surface area contributed by atoms with Gasteiger partial charge in [-0.1, -0.05) is 12.1 Å². The minimum Gasteiger partial charge on any atom is -0.493 e. The van der Waals surface area contributed by atoms with Crippen LogP contribution in [0.3, 0.4) is 0 Å². The van der Waals surface area contributed by atoms with Crippen molar-refractivity contribution in [1.82, 2.24) is 10.2 Å². The van der Waals surface area contributed by atoms with Crippen molar-refractivity contribution in [3.05, 3.63) is 24.3 Å². The molecule has 1 heterocycles. The van der Waals surface area contributed by atoms with Crippen molar-refractivity contribution in [2.75, 3.05) is 39.9 Å². The molecule has 4 nitrogen and oxygen atoms in total. The number of hydrogen-bond acceptors (Lipinski definition) is 4. The zero-order valence-corrected chi connectivity index (χ0v) is 11.2. The van der Waals surface area contributed by atoms with Crippen LogP contribution in [0, 0.1) is 0 Å². The van der Waals surface area contributed by atoms with Gasteiger partial charge in [0, 0.05) is 32.2 Å². The Morgan fingerprint density at radius 3 is 2.56 bits per heavy atom. The van der Waals surface area contributed by atoms with E-state index in [0.29, 0.717) is 12.6 Å². The summed E-state index contributed by atoms with van der Waals surface area (Å²) in [6, 6.07) is 8.21. The third-order valence-corrected chi connectivity index (χ3v) is 3.32. The summed E-state index contributed by atoms with van der Waals surface area (Å²) in [4.78, 5) is 2.45. The van der Waals surface area contributed by atoms with E-state index >= 15 is 0 Å². The lowest BCUT2D eigenvalue weighted by atomic mass is 10.2. The molecule has 1 aliphatic rings. The van der Waals surface area contributed by atoms with Gasteiger partial charge in [-0.2, -0.15) is 0 Å². The molecule has 1 N–H and O–H groups in total. The van der Waals surface area contributed by atoms with Crippen LogP contribution in [0.4, 0.5) is 0 Å². The summed E-state index contributed by atoms with van der Waals surface area (Å²) in [6.07, 6.45) is 0. The number of ether oxygens (including phenoxy) is 2. The average molecular weight is 250 g/mol. The van der Waals surface area contributed by atoms with E-state index in [0.717, 1.165) is 37.7 Å². The highest BCUT2D eigenvalue weighted by molar-refractivity contribution is 5.39. The van der Waals surface area contributed by atoms with Crippen molar-refractivity contribution in [1.29, 1.82) is 0 Å². The summed E-state index contributed by atoms with van der Waals surface area (Å²) in [5.74, 6) is 1.62. The van der Waals surface area contributed by atoms with Gasteiger partial charge in [0.2, 0.25) is 0 Å². The van der Waals surface area contributed by atoms with Crippen molar-refractivity contribution in [3.8, 4) is 11.5 Å². The second-order valence-electron chi connectivity index (χ2n) is 4.60. The second-order valence-corrected chi connectivity index (χ2v) is 4.60. The van der Waals surface area contributed by atoms with Gasteiger partial charge in [0.05, 0.1) is 7.11 Å². The lowest BCUT2D eigenvalue weighted by molar-refractivity contribution is 0.130. The van der Waals surface area contributed by atoms with Gasteiger partial charge >= 0.3 is 0 Å². The first-order chi connectivity index (χ1) is 8.81. The first-order valence-electron chi connectivity index (χ1n) is 6.52.